The van der Waals surface area contributed by atoms with Crippen molar-refractivity contribution in [2.45, 2.75) is 24.9 Å². The predicted octanol–water partition coefficient (Wildman–Crippen LogP) is 3.06. The molecule has 0 radical (unpaired) electrons. The molecule has 2 aromatic rings. The molecule has 0 amide bonds. The maximum Gasteiger partial charge on any atom is 0.325 e. The van der Waals surface area contributed by atoms with Crippen molar-refractivity contribution in [3.8, 4) is 0 Å². The monoisotopic (exact) mass is 255 g/mol. The number of likely N-dealkylation sites (N-methyl/N-ethyl adjacent to an activating group) is 1. The van der Waals surface area contributed by atoms with E-state index in [9.17, 15) is 9.90 Å². The largest absolute Gasteiger partial charge is 0.480 e. The Bertz CT molecular complexity index is 619. The van der Waals surface area contributed by atoms with Crippen LogP contribution in [-0.2, 0) is 4.79 Å². The van der Waals surface area contributed by atoms with E-state index in [1.54, 1.807) is 0 Å². The van der Waals surface area contributed by atoms with Crippen LogP contribution in [0, 0.1) is 0 Å². The van der Waals surface area contributed by atoms with Crippen LogP contribution in [0.2, 0.25) is 0 Å². The molecule has 3 nitrogen and oxygen atoms in total. The Kier molecular flexibility index (Phi) is 2.99. The van der Waals surface area contributed by atoms with Crippen molar-refractivity contribution in [3.05, 3.63) is 48.0 Å². The van der Waals surface area contributed by atoms with Crippen LogP contribution in [0.3, 0.4) is 0 Å². The minimum absolute atomic E-state index is 0.424. The van der Waals surface area contributed by atoms with E-state index < -0.39 is 12.0 Å². The Morgan fingerprint density at radius 3 is 2.53 bits per heavy atom. The van der Waals surface area contributed by atoms with Crippen LogP contribution in [0.1, 0.15) is 24.4 Å². The lowest BCUT2D eigenvalue weighted by molar-refractivity contribution is -0.143. The summed E-state index contributed by atoms with van der Waals surface area (Å²) < 4.78 is 0. The molecule has 0 aliphatic heterocycles. The number of carboxylic acids is 1. The van der Waals surface area contributed by atoms with Crippen molar-refractivity contribution >= 4 is 16.7 Å². The molecular weight excluding hydrogens is 238 g/mol. The minimum atomic E-state index is -0.773. The molecule has 2 aromatic carbocycles. The van der Waals surface area contributed by atoms with Crippen molar-refractivity contribution < 1.29 is 9.90 Å². The first-order valence-corrected chi connectivity index (χ1v) is 6.60. The molecule has 0 spiro atoms. The first-order valence-electron chi connectivity index (χ1n) is 6.60. The van der Waals surface area contributed by atoms with Crippen LogP contribution in [-0.4, -0.2) is 29.1 Å². The van der Waals surface area contributed by atoms with Crippen LogP contribution in [0.15, 0.2) is 42.5 Å². The summed E-state index contributed by atoms with van der Waals surface area (Å²) in [5.74, 6) is -0.773. The summed E-state index contributed by atoms with van der Waals surface area (Å²) in [5.41, 5.74) is 0.862. The fraction of sp³-hybridized carbons (Fsp3) is 0.312. The van der Waals surface area contributed by atoms with E-state index in [2.05, 4.69) is 0 Å². The lowest BCUT2D eigenvalue weighted by Crippen LogP contribution is -2.32. The van der Waals surface area contributed by atoms with Crippen LogP contribution < -0.4 is 0 Å². The molecule has 19 heavy (non-hydrogen) atoms. The van der Waals surface area contributed by atoms with Gasteiger partial charge >= 0.3 is 5.97 Å². The number of aliphatic carboxylic acids is 1. The van der Waals surface area contributed by atoms with Crippen LogP contribution in [0.25, 0.3) is 10.8 Å². The maximum atomic E-state index is 11.6. The number of carbonyl (C=O) groups is 1. The second kappa shape index (κ2) is 4.67. The molecule has 1 fully saturated rings. The van der Waals surface area contributed by atoms with Crippen LogP contribution in [0.4, 0.5) is 0 Å². The highest BCUT2D eigenvalue weighted by Gasteiger charge is 2.35. The highest BCUT2D eigenvalue weighted by molar-refractivity contribution is 5.85. The van der Waals surface area contributed by atoms with Crippen molar-refractivity contribution in [3.63, 3.8) is 0 Å². The van der Waals surface area contributed by atoms with E-state index >= 15 is 0 Å². The molecular formula is C16H17NO2. The highest BCUT2D eigenvalue weighted by atomic mass is 16.4. The molecule has 1 saturated carbocycles. The molecule has 0 saturated heterocycles. The molecule has 3 heteroatoms. The lowest BCUT2D eigenvalue weighted by Gasteiger charge is -2.25. The van der Waals surface area contributed by atoms with Crippen LogP contribution in [0.5, 0.6) is 0 Å². The first-order chi connectivity index (χ1) is 9.16. The van der Waals surface area contributed by atoms with Gasteiger partial charge in [0.2, 0.25) is 0 Å². The molecule has 0 aromatic heterocycles. The van der Waals surface area contributed by atoms with Gasteiger partial charge in [-0.15, -0.1) is 0 Å². The Morgan fingerprint density at radius 1 is 1.21 bits per heavy atom. The number of hydrogen-bond acceptors (Lipinski definition) is 2. The number of carboxylic acid groups (broad SMARTS) is 1. The molecule has 3 rings (SSSR count). The van der Waals surface area contributed by atoms with Gasteiger partial charge in [0, 0.05) is 6.04 Å². The van der Waals surface area contributed by atoms with Gasteiger partial charge in [0.25, 0.3) is 0 Å². The van der Waals surface area contributed by atoms with E-state index in [0.29, 0.717) is 6.04 Å². The third-order valence-electron chi connectivity index (χ3n) is 3.85. The first kappa shape index (κ1) is 12.2. The molecule has 0 heterocycles. The Balaban J connectivity index is 2.01. The zero-order chi connectivity index (χ0) is 13.4. The van der Waals surface area contributed by atoms with Crippen molar-refractivity contribution in [1.29, 1.82) is 0 Å². The smallest absolute Gasteiger partial charge is 0.325 e. The summed E-state index contributed by atoms with van der Waals surface area (Å²) >= 11 is 0. The fourth-order valence-electron chi connectivity index (χ4n) is 2.62. The lowest BCUT2D eigenvalue weighted by atomic mass is 10.0. The zero-order valence-electron chi connectivity index (χ0n) is 10.9. The molecule has 1 aliphatic rings. The van der Waals surface area contributed by atoms with Crippen molar-refractivity contribution in [2.75, 3.05) is 7.05 Å². The summed E-state index contributed by atoms with van der Waals surface area (Å²) in [4.78, 5) is 13.5. The van der Waals surface area contributed by atoms with E-state index in [1.165, 1.54) is 0 Å². The number of benzene rings is 2. The topological polar surface area (TPSA) is 40.5 Å². The second-order valence-electron chi connectivity index (χ2n) is 5.24. The third-order valence-corrected chi connectivity index (χ3v) is 3.85. The average molecular weight is 255 g/mol. The highest BCUT2D eigenvalue weighted by Crippen LogP contribution is 2.33. The van der Waals surface area contributed by atoms with Gasteiger partial charge in [0.1, 0.15) is 6.04 Å². The van der Waals surface area contributed by atoms with Gasteiger partial charge in [-0.2, -0.15) is 0 Å². The minimum Gasteiger partial charge on any atom is -0.480 e. The van der Waals surface area contributed by atoms with E-state index in [4.69, 9.17) is 0 Å². The van der Waals surface area contributed by atoms with Gasteiger partial charge in [0.05, 0.1) is 0 Å². The van der Waals surface area contributed by atoms with Gasteiger partial charge in [-0.1, -0.05) is 36.4 Å². The van der Waals surface area contributed by atoms with Gasteiger partial charge in [-0.3, -0.25) is 9.69 Å². The Labute approximate surface area is 112 Å². The zero-order valence-corrected chi connectivity index (χ0v) is 10.9. The Hall–Kier alpha value is -1.87. The second-order valence-corrected chi connectivity index (χ2v) is 5.24. The number of rotatable bonds is 4. The molecule has 98 valence electrons. The van der Waals surface area contributed by atoms with Gasteiger partial charge in [-0.25, -0.2) is 0 Å². The summed E-state index contributed by atoms with van der Waals surface area (Å²) in [5, 5.41) is 11.7. The van der Waals surface area contributed by atoms with E-state index in [1.807, 2.05) is 54.4 Å². The average Bonchev–Trinajstić information content (AvgIpc) is 3.22. The molecule has 1 unspecified atom stereocenters. The normalized spacial score (nSPS) is 16.7. The van der Waals surface area contributed by atoms with E-state index in [-0.39, 0.29) is 0 Å². The third kappa shape index (κ3) is 2.34. The number of nitrogens with zero attached hydrogens (tertiary/aromatic N) is 1. The maximum absolute atomic E-state index is 11.6. The van der Waals surface area contributed by atoms with Crippen LogP contribution >= 0.6 is 0 Å². The standard InChI is InChI=1S/C16H17NO2/c1-17(14-8-9-14)15(16(18)19)13-7-6-11-4-2-3-5-12(11)10-13/h2-7,10,14-15H,8-9H2,1H3,(H,18,19). The summed E-state index contributed by atoms with van der Waals surface area (Å²) in [6.45, 7) is 0. The number of hydrogen-bond donors (Lipinski definition) is 1. The quantitative estimate of drug-likeness (QED) is 0.912. The SMILES string of the molecule is CN(C1CC1)C(C(=O)O)c1ccc2ccccc2c1. The van der Waals surface area contributed by atoms with Gasteiger partial charge in [-0.05, 0) is 42.3 Å². The number of fused-ring (bicyclic) bond motifs is 1. The van der Waals surface area contributed by atoms with Crippen molar-refractivity contribution in [2.24, 2.45) is 0 Å². The van der Waals surface area contributed by atoms with Gasteiger partial charge < -0.3 is 5.11 Å². The van der Waals surface area contributed by atoms with Crippen molar-refractivity contribution in [1.82, 2.24) is 4.90 Å². The fourth-order valence-corrected chi connectivity index (χ4v) is 2.62. The molecule has 1 atom stereocenters. The van der Waals surface area contributed by atoms with Gasteiger partial charge in [0.15, 0.2) is 0 Å². The van der Waals surface area contributed by atoms with E-state index in [0.717, 1.165) is 29.2 Å². The summed E-state index contributed by atoms with van der Waals surface area (Å²) in [6, 6.07) is 13.8. The predicted molar refractivity (Wildman–Crippen MR) is 75.1 cm³/mol. The molecule has 0 bridgehead atoms. The molecule has 1 aliphatic carbocycles. The summed E-state index contributed by atoms with van der Waals surface area (Å²) in [7, 11) is 1.91. The Morgan fingerprint density at radius 2 is 1.89 bits per heavy atom. The summed E-state index contributed by atoms with van der Waals surface area (Å²) in [6.07, 6.45) is 2.21. The molecule has 1 N–H and O–H groups in total.